The Morgan fingerprint density at radius 3 is 2.60 bits per heavy atom. The summed E-state index contributed by atoms with van der Waals surface area (Å²) in [4.78, 5) is 23.5. The van der Waals surface area contributed by atoms with Gasteiger partial charge >= 0.3 is 0 Å². The fourth-order valence-electron chi connectivity index (χ4n) is 7.33. The Morgan fingerprint density at radius 2 is 1.86 bits per heavy atom. The minimum absolute atomic E-state index is 0.103. The number of carbonyl (C=O) groups excluding carboxylic acids is 1. The van der Waals surface area contributed by atoms with Crippen LogP contribution in [0.1, 0.15) is 55.2 Å². The van der Waals surface area contributed by atoms with Gasteiger partial charge in [0.25, 0.3) is 0 Å². The summed E-state index contributed by atoms with van der Waals surface area (Å²) in [5, 5.41) is 18.0. The van der Waals surface area contributed by atoms with Crippen molar-refractivity contribution in [2.24, 2.45) is 0 Å². The first-order chi connectivity index (χ1) is 24.2. The van der Waals surface area contributed by atoms with Crippen molar-refractivity contribution in [2.45, 2.75) is 69.7 Å². The smallest absolute Gasteiger partial charge is 0.220 e. The number of nitrogens with zero attached hydrogens (tertiary/aromatic N) is 3. The average Bonchev–Trinajstić information content (AvgIpc) is 3.54. The third-order valence-electron chi connectivity index (χ3n) is 10.4. The number of aromatic nitrogens is 2. The van der Waals surface area contributed by atoms with Gasteiger partial charge in [-0.1, -0.05) is 47.5 Å². The fourth-order valence-corrected chi connectivity index (χ4v) is 7.98. The molecule has 262 valence electrons. The second-order valence-corrected chi connectivity index (χ2v) is 14.4. The zero-order valence-electron chi connectivity index (χ0n) is 28.5. The lowest BCUT2D eigenvalue weighted by atomic mass is 9.78. The molecule has 50 heavy (non-hydrogen) atoms. The van der Waals surface area contributed by atoms with Crippen LogP contribution in [0.15, 0.2) is 54.7 Å². The molecule has 1 unspecified atom stereocenters. The van der Waals surface area contributed by atoms with Crippen molar-refractivity contribution in [1.29, 1.82) is 0 Å². The molecule has 0 radical (unpaired) electrons. The van der Waals surface area contributed by atoms with E-state index in [1.807, 2.05) is 42.5 Å². The molecule has 0 bridgehead atoms. The molecule has 2 aliphatic heterocycles. The summed E-state index contributed by atoms with van der Waals surface area (Å²) in [6, 6.07) is 16.0. The Kier molecular flexibility index (Phi) is 10.3. The van der Waals surface area contributed by atoms with E-state index < -0.39 is 5.60 Å². The van der Waals surface area contributed by atoms with Crippen molar-refractivity contribution in [1.82, 2.24) is 25.5 Å². The van der Waals surface area contributed by atoms with E-state index in [-0.39, 0.29) is 11.9 Å². The first-order valence-corrected chi connectivity index (χ1v) is 18.1. The lowest BCUT2D eigenvalue weighted by molar-refractivity contribution is -0.119. The molecule has 11 heteroatoms. The summed E-state index contributed by atoms with van der Waals surface area (Å²) >= 11 is 14.3. The summed E-state index contributed by atoms with van der Waals surface area (Å²) in [7, 11) is 3.31. The van der Waals surface area contributed by atoms with Gasteiger partial charge in [-0.2, -0.15) is 0 Å². The first-order valence-electron chi connectivity index (χ1n) is 17.4. The van der Waals surface area contributed by atoms with Gasteiger partial charge in [-0.25, -0.2) is 4.98 Å². The number of aliphatic hydroxyl groups is 1. The number of rotatable bonds is 12. The normalized spacial score (nSPS) is 18.3. The van der Waals surface area contributed by atoms with E-state index in [1.54, 1.807) is 20.4 Å². The van der Waals surface area contributed by atoms with Crippen LogP contribution < -0.4 is 20.1 Å². The van der Waals surface area contributed by atoms with E-state index in [0.717, 1.165) is 91.7 Å². The number of halogens is 2. The molecule has 3 aliphatic rings. The summed E-state index contributed by atoms with van der Waals surface area (Å²) in [6.45, 7) is 3.83. The number of nitrogens with one attached hydrogen (secondary N) is 2. The second kappa shape index (κ2) is 14.9. The molecular formula is C39H43Cl2N5O4. The molecule has 1 aliphatic carbocycles. The number of hydrogen-bond donors (Lipinski definition) is 3. The van der Waals surface area contributed by atoms with Crippen molar-refractivity contribution in [2.75, 3.05) is 33.9 Å². The highest BCUT2D eigenvalue weighted by atomic mass is 35.5. The van der Waals surface area contributed by atoms with E-state index in [0.29, 0.717) is 46.8 Å². The van der Waals surface area contributed by atoms with Gasteiger partial charge in [0.15, 0.2) is 0 Å². The molecule has 0 spiro atoms. The van der Waals surface area contributed by atoms with Gasteiger partial charge in [0.2, 0.25) is 11.8 Å². The van der Waals surface area contributed by atoms with Crippen LogP contribution in [-0.2, 0) is 24.3 Å². The predicted molar refractivity (Wildman–Crippen MR) is 197 cm³/mol. The van der Waals surface area contributed by atoms with Gasteiger partial charge < -0.3 is 25.2 Å². The zero-order valence-corrected chi connectivity index (χ0v) is 30.0. The van der Waals surface area contributed by atoms with Gasteiger partial charge in [0, 0.05) is 84.8 Å². The van der Waals surface area contributed by atoms with Crippen molar-refractivity contribution >= 4 is 29.1 Å². The zero-order chi connectivity index (χ0) is 34.8. The Hall–Kier alpha value is -3.73. The third-order valence-corrected chi connectivity index (χ3v) is 11.2. The maximum absolute atomic E-state index is 11.5. The number of pyridine rings is 2. The average molecular weight is 717 g/mol. The molecule has 1 saturated heterocycles. The number of benzene rings is 2. The lowest BCUT2D eigenvalue weighted by Gasteiger charge is -2.39. The van der Waals surface area contributed by atoms with Crippen molar-refractivity contribution in [3.63, 3.8) is 0 Å². The quantitative estimate of drug-likeness (QED) is 0.147. The summed E-state index contributed by atoms with van der Waals surface area (Å²) < 4.78 is 11.6. The SMILES string of the molecule is COc1cc(-c2nccc(-c3cccc(-c4ccc(CNCC5CCC(=O)N5)c(OC)n4)c3Cl)c2Cl)cc2c1CN(CCC1(O)CCC1)CC2. The molecule has 2 aromatic carbocycles. The van der Waals surface area contributed by atoms with Crippen molar-refractivity contribution in [3.05, 3.63) is 81.5 Å². The Labute approximate surface area is 303 Å². The summed E-state index contributed by atoms with van der Waals surface area (Å²) in [6.07, 6.45) is 7.82. The topological polar surface area (TPSA) is 109 Å². The Bertz CT molecular complexity index is 1880. The molecule has 4 aromatic rings. The molecule has 1 atom stereocenters. The van der Waals surface area contributed by atoms with E-state index in [9.17, 15) is 9.90 Å². The number of amides is 1. The van der Waals surface area contributed by atoms with Crippen molar-refractivity contribution in [3.8, 4) is 45.3 Å². The minimum atomic E-state index is -0.479. The third kappa shape index (κ3) is 7.20. The first kappa shape index (κ1) is 34.7. The predicted octanol–water partition coefficient (Wildman–Crippen LogP) is 6.83. The van der Waals surface area contributed by atoms with Crippen LogP contribution in [0.3, 0.4) is 0 Å². The maximum Gasteiger partial charge on any atom is 0.220 e. The molecule has 4 heterocycles. The fraction of sp³-hybridized carbons (Fsp3) is 0.410. The van der Waals surface area contributed by atoms with Gasteiger partial charge in [-0.05, 0) is 68.4 Å². The molecule has 9 nitrogen and oxygen atoms in total. The summed E-state index contributed by atoms with van der Waals surface area (Å²) in [5.41, 5.74) is 7.38. The van der Waals surface area contributed by atoms with Crippen LogP contribution in [-0.4, -0.2) is 71.4 Å². The van der Waals surface area contributed by atoms with Crippen LogP contribution in [0.2, 0.25) is 10.0 Å². The molecule has 7 rings (SSSR count). The van der Waals surface area contributed by atoms with Crippen LogP contribution >= 0.6 is 23.2 Å². The lowest BCUT2D eigenvalue weighted by Crippen LogP contribution is -2.41. The monoisotopic (exact) mass is 715 g/mol. The highest BCUT2D eigenvalue weighted by Crippen LogP contribution is 2.43. The minimum Gasteiger partial charge on any atom is -0.496 e. The van der Waals surface area contributed by atoms with E-state index in [1.165, 1.54) is 11.1 Å². The van der Waals surface area contributed by atoms with Crippen LogP contribution in [0, 0.1) is 0 Å². The van der Waals surface area contributed by atoms with Crippen LogP contribution in [0.4, 0.5) is 0 Å². The Morgan fingerprint density at radius 1 is 1.04 bits per heavy atom. The van der Waals surface area contributed by atoms with E-state index in [2.05, 4.69) is 21.6 Å². The van der Waals surface area contributed by atoms with Gasteiger partial charge in [-0.15, -0.1) is 0 Å². The molecule has 1 saturated carbocycles. The Balaban J connectivity index is 1.12. The maximum atomic E-state index is 11.5. The second-order valence-electron chi connectivity index (χ2n) is 13.7. The number of hydrogen-bond acceptors (Lipinski definition) is 8. The van der Waals surface area contributed by atoms with Gasteiger partial charge in [-0.3, -0.25) is 14.7 Å². The van der Waals surface area contributed by atoms with Crippen LogP contribution in [0.25, 0.3) is 33.6 Å². The molecule has 3 N–H and O–H groups in total. The van der Waals surface area contributed by atoms with E-state index >= 15 is 0 Å². The standard InChI is InChI=1S/C39H43Cl2N5O4/c1-49-33-20-26(19-24-12-17-46(23-31(24)33)18-15-39(48)13-4-14-39)37-36(41)29(11-16-43-37)28-5-3-6-30(35(28)40)32-9-7-25(38(45-32)50-2)21-42-22-27-8-10-34(47)44-27/h3,5-7,9,11,16,19-20,27,42,48H,4,8,10,12-15,17-18,21-23H2,1-2H3,(H,44,47). The molecule has 2 fully saturated rings. The number of fused-ring (bicyclic) bond motifs is 1. The van der Waals surface area contributed by atoms with Crippen LogP contribution in [0.5, 0.6) is 11.6 Å². The molecular weight excluding hydrogens is 673 g/mol. The highest BCUT2D eigenvalue weighted by Gasteiger charge is 2.35. The molecule has 1 amide bonds. The van der Waals surface area contributed by atoms with Gasteiger partial charge in [0.1, 0.15) is 5.75 Å². The molecule has 2 aromatic heterocycles. The number of ether oxygens (including phenoxy) is 2. The number of methoxy groups -OCH3 is 2. The largest absolute Gasteiger partial charge is 0.496 e. The highest BCUT2D eigenvalue weighted by molar-refractivity contribution is 6.39. The van der Waals surface area contributed by atoms with Crippen molar-refractivity contribution < 1.29 is 19.4 Å². The van der Waals surface area contributed by atoms with Gasteiger partial charge in [0.05, 0.1) is 41.3 Å². The number of carbonyl (C=O) groups is 1. The summed E-state index contributed by atoms with van der Waals surface area (Å²) in [5.74, 6) is 1.43. The van der Waals surface area contributed by atoms with E-state index in [4.69, 9.17) is 42.6 Å².